The van der Waals surface area contributed by atoms with Crippen LogP contribution in [0.2, 0.25) is 0 Å². The van der Waals surface area contributed by atoms with Gasteiger partial charge in [-0.2, -0.15) is 0 Å². The Balaban J connectivity index is 1.77. The van der Waals surface area contributed by atoms with Gasteiger partial charge in [0.1, 0.15) is 0 Å². The van der Waals surface area contributed by atoms with Crippen molar-refractivity contribution in [1.82, 2.24) is 10.2 Å². The molecule has 4 nitrogen and oxygen atoms in total. The Labute approximate surface area is 115 Å². The zero-order valence-corrected chi connectivity index (χ0v) is 11.8. The molecule has 19 heavy (non-hydrogen) atoms. The van der Waals surface area contributed by atoms with Crippen molar-refractivity contribution in [3.63, 3.8) is 0 Å². The summed E-state index contributed by atoms with van der Waals surface area (Å²) in [6, 6.07) is 0.339. The number of likely N-dealkylation sites (tertiary alicyclic amines) is 1. The number of nitrogens with one attached hydrogen (secondary N) is 1. The van der Waals surface area contributed by atoms with E-state index >= 15 is 0 Å². The van der Waals surface area contributed by atoms with Gasteiger partial charge in [0.15, 0.2) is 0 Å². The Morgan fingerprint density at radius 2 is 1.74 bits per heavy atom. The molecule has 1 N–H and O–H groups in total. The van der Waals surface area contributed by atoms with Crippen LogP contribution in [-0.2, 0) is 9.59 Å². The fourth-order valence-electron chi connectivity index (χ4n) is 3.08. The molecule has 1 heterocycles. The van der Waals surface area contributed by atoms with E-state index in [1.54, 1.807) is 4.90 Å². The first-order valence-corrected chi connectivity index (χ1v) is 7.83. The summed E-state index contributed by atoms with van der Waals surface area (Å²) >= 11 is 0. The van der Waals surface area contributed by atoms with E-state index in [4.69, 9.17) is 0 Å². The maximum atomic E-state index is 12.0. The van der Waals surface area contributed by atoms with E-state index in [-0.39, 0.29) is 18.4 Å². The van der Waals surface area contributed by atoms with E-state index < -0.39 is 0 Å². The highest BCUT2D eigenvalue weighted by Crippen LogP contribution is 2.17. The van der Waals surface area contributed by atoms with Crippen molar-refractivity contribution < 1.29 is 9.59 Å². The SMILES string of the molecule is O=C(CN1CCCCCCC1=O)NC1CCCCC1. The Bertz CT molecular complexity index is 311. The third-order valence-corrected chi connectivity index (χ3v) is 4.23. The van der Waals surface area contributed by atoms with Gasteiger partial charge in [-0.25, -0.2) is 0 Å². The fraction of sp³-hybridized carbons (Fsp3) is 0.867. The van der Waals surface area contributed by atoms with Crippen molar-refractivity contribution in [3.8, 4) is 0 Å². The number of rotatable bonds is 3. The van der Waals surface area contributed by atoms with Gasteiger partial charge in [0.2, 0.25) is 11.8 Å². The van der Waals surface area contributed by atoms with Crippen LogP contribution in [0.3, 0.4) is 0 Å². The lowest BCUT2D eigenvalue weighted by atomic mass is 9.95. The van der Waals surface area contributed by atoms with Crippen molar-refractivity contribution in [2.45, 2.75) is 70.3 Å². The van der Waals surface area contributed by atoms with Crippen LogP contribution < -0.4 is 5.32 Å². The number of hydrogen-bond acceptors (Lipinski definition) is 2. The lowest BCUT2D eigenvalue weighted by Crippen LogP contribution is -2.45. The Morgan fingerprint density at radius 1 is 1.05 bits per heavy atom. The lowest BCUT2D eigenvalue weighted by Gasteiger charge is -2.27. The minimum Gasteiger partial charge on any atom is -0.352 e. The number of carbonyl (C=O) groups is 2. The molecule has 0 aromatic rings. The van der Waals surface area contributed by atoms with Crippen LogP contribution in [0.4, 0.5) is 0 Å². The predicted octanol–water partition coefficient (Wildman–Crippen LogP) is 2.23. The topological polar surface area (TPSA) is 49.4 Å². The molecule has 4 heteroatoms. The van der Waals surface area contributed by atoms with Crippen molar-refractivity contribution in [3.05, 3.63) is 0 Å². The molecule has 2 rings (SSSR count). The molecule has 108 valence electrons. The second-order valence-electron chi connectivity index (χ2n) is 5.88. The van der Waals surface area contributed by atoms with Gasteiger partial charge in [0.25, 0.3) is 0 Å². The van der Waals surface area contributed by atoms with E-state index in [9.17, 15) is 9.59 Å². The summed E-state index contributed by atoms with van der Waals surface area (Å²) in [6.07, 6.45) is 10.8. The molecule has 1 saturated carbocycles. The summed E-state index contributed by atoms with van der Waals surface area (Å²) in [5.74, 6) is 0.180. The zero-order chi connectivity index (χ0) is 13.5. The normalized spacial score (nSPS) is 22.7. The summed E-state index contributed by atoms with van der Waals surface area (Å²) in [7, 11) is 0. The highest BCUT2D eigenvalue weighted by atomic mass is 16.2. The smallest absolute Gasteiger partial charge is 0.239 e. The molecule has 0 bridgehead atoms. The molecule has 2 aliphatic rings. The molecule has 2 fully saturated rings. The summed E-state index contributed by atoms with van der Waals surface area (Å²) in [5.41, 5.74) is 0. The van der Waals surface area contributed by atoms with Crippen molar-refractivity contribution in [2.75, 3.05) is 13.1 Å². The Morgan fingerprint density at radius 3 is 2.53 bits per heavy atom. The molecule has 0 radical (unpaired) electrons. The van der Waals surface area contributed by atoms with Crippen LogP contribution in [-0.4, -0.2) is 35.8 Å². The molecular weight excluding hydrogens is 240 g/mol. The zero-order valence-electron chi connectivity index (χ0n) is 11.8. The van der Waals surface area contributed by atoms with Gasteiger partial charge in [-0.1, -0.05) is 32.1 Å². The van der Waals surface area contributed by atoms with Crippen molar-refractivity contribution >= 4 is 11.8 Å². The van der Waals surface area contributed by atoms with Crippen LogP contribution in [0, 0.1) is 0 Å². The molecule has 0 aromatic heterocycles. The number of hydrogen-bond donors (Lipinski definition) is 1. The molecule has 1 aliphatic carbocycles. The minimum atomic E-state index is 0.0285. The van der Waals surface area contributed by atoms with E-state index in [2.05, 4.69) is 5.32 Å². The van der Waals surface area contributed by atoms with E-state index in [0.29, 0.717) is 12.5 Å². The molecule has 1 saturated heterocycles. The Kier molecular flexibility index (Phi) is 5.67. The summed E-state index contributed by atoms with van der Waals surface area (Å²) in [5, 5.41) is 3.09. The largest absolute Gasteiger partial charge is 0.352 e. The molecule has 2 amide bonds. The van der Waals surface area contributed by atoms with Crippen molar-refractivity contribution in [2.24, 2.45) is 0 Å². The second-order valence-corrected chi connectivity index (χ2v) is 5.88. The first-order chi connectivity index (χ1) is 9.25. The van der Waals surface area contributed by atoms with Gasteiger partial charge >= 0.3 is 0 Å². The van der Waals surface area contributed by atoms with Crippen LogP contribution in [0.15, 0.2) is 0 Å². The van der Waals surface area contributed by atoms with E-state index in [1.807, 2.05) is 0 Å². The lowest BCUT2D eigenvalue weighted by molar-refractivity contribution is -0.136. The van der Waals surface area contributed by atoms with E-state index in [1.165, 1.54) is 25.7 Å². The highest BCUT2D eigenvalue weighted by molar-refractivity contribution is 5.85. The third-order valence-electron chi connectivity index (χ3n) is 4.23. The summed E-state index contributed by atoms with van der Waals surface area (Å²) in [6.45, 7) is 1.01. The van der Waals surface area contributed by atoms with Gasteiger partial charge < -0.3 is 10.2 Å². The molecule has 0 aromatic carbocycles. The van der Waals surface area contributed by atoms with Gasteiger partial charge in [0.05, 0.1) is 6.54 Å². The van der Waals surface area contributed by atoms with Crippen LogP contribution in [0.1, 0.15) is 64.2 Å². The van der Waals surface area contributed by atoms with Gasteiger partial charge in [0, 0.05) is 19.0 Å². The quantitative estimate of drug-likeness (QED) is 0.851. The Hall–Kier alpha value is -1.06. The third kappa shape index (κ3) is 4.84. The van der Waals surface area contributed by atoms with Crippen LogP contribution in [0.5, 0.6) is 0 Å². The maximum Gasteiger partial charge on any atom is 0.239 e. The van der Waals surface area contributed by atoms with Crippen LogP contribution >= 0.6 is 0 Å². The fourth-order valence-corrected chi connectivity index (χ4v) is 3.08. The van der Waals surface area contributed by atoms with Gasteiger partial charge in [-0.15, -0.1) is 0 Å². The van der Waals surface area contributed by atoms with E-state index in [0.717, 1.165) is 38.6 Å². The summed E-state index contributed by atoms with van der Waals surface area (Å²) in [4.78, 5) is 25.7. The average Bonchev–Trinajstić information content (AvgIpc) is 2.40. The van der Waals surface area contributed by atoms with Gasteiger partial charge in [-0.3, -0.25) is 9.59 Å². The number of carbonyl (C=O) groups excluding carboxylic acids is 2. The number of nitrogens with zero attached hydrogens (tertiary/aromatic N) is 1. The standard InChI is InChI=1S/C15H26N2O2/c18-14(16-13-8-4-3-5-9-13)12-17-11-7-2-1-6-10-15(17)19/h13H,1-12H2,(H,16,18). The first-order valence-electron chi connectivity index (χ1n) is 7.83. The molecular formula is C15H26N2O2. The molecule has 0 atom stereocenters. The van der Waals surface area contributed by atoms with Gasteiger partial charge in [-0.05, 0) is 25.7 Å². The molecule has 1 aliphatic heterocycles. The maximum absolute atomic E-state index is 12.0. The summed E-state index contributed by atoms with van der Waals surface area (Å²) < 4.78 is 0. The van der Waals surface area contributed by atoms with Crippen molar-refractivity contribution in [1.29, 1.82) is 0 Å². The second kappa shape index (κ2) is 7.51. The molecule has 0 spiro atoms. The monoisotopic (exact) mass is 266 g/mol. The highest BCUT2D eigenvalue weighted by Gasteiger charge is 2.21. The van der Waals surface area contributed by atoms with Crippen LogP contribution in [0.25, 0.3) is 0 Å². The first kappa shape index (κ1) is 14.4. The number of amides is 2. The average molecular weight is 266 g/mol. The predicted molar refractivity (Wildman–Crippen MR) is 74.7 cm³/mol. The molecule has 0 unspecified atom stereocenters. The minimum absolute atomic E-state index is 0.0285.